The van der Waals surface area contributed by atoms with Crippen molar-refractivity contribution < 1.29 is 53.4 Å². The number of nitriles is 1. The quantitative estimate of drug-likeness (QED) is 0.0129. The van der Waals surface area contributed by atoms with E-state index in [0.29, 0.717) is 49.8 Å². The summed E-state index contributed by atoms with van der Waals surface area (Å²) in [5.74, 6) is -8.56. The van der Waals surface area contributed by atoms with Gasteiger partial charge in [-0.15, -0.1) is 0 Å². The number of aliphatic imine (C=N–C) groups is 2. The fourth-order valence-electron chi connectivity index (χ4n) is 7.91. The second-order valence-electron chi connectivity index (χ2n) is 18.3. The number of nitrogens with two attached hydrogens (primary N) is 8. The minimum Gasteiger partial charge on any atom is -0.477 e. The van der Waals surface area contributed by atoms with Crippen LogP contribution >= 0.6 is 0 Å². The summed E-state index contributed by atoms with van der Waals surface area (Å²) < 4.78 is 0. The highest BCUT2D eigenvalue weighted by Crippen LogP contribution is 2.20. The molecule has 0 spiro atoms. The number of carboxylic acids is 1. The van der Waals surface area contributed by atoms with Crippen LogP contribution in [0.15, 0.2) is 46.0 Å². The summed E-state index contributed by atoms with van der Waals surface area (Å²) in [6, 6.07) is 0.267. The number of aliphatic carboxylic acids is 1. The Hall–Kier alpha value is -7.46. The van der Waals surface area contributed by atoms with E-state index in [9.17, 15) is 58.6 Å². The molecule has 78 heavy (non-hydrogen) atoms. The number of carbonyl (C=O) groups excluding carboxylic acids is 8. The van der Waals surface area contributed by atoms with Crippen LogP contribution in [-0.4, -0.2) is 175 Å². The molecule has 0 aliphatic carbocycles. The first kappa shape index (κ1) is 66.7. The molecule has 1 fully saturated rings. The number of nitrogens with zero attached hydrogens (tertiary/aromatic N) is 4. The van der Waals surface area contributed by atoms with Crippen LogP contribution in [0.1, 0.15) is 94.6 Å². The lowest BCUT2D eigenvalue weighted by molar-refractivity contribution is -0.137. The molecule has 29 nitrogen and oxygen atoms in total. The molecule has 0 radical (unpaired) electrons. The van der Waals surface area contributed by atoms with Crippen LogP contribution < -0.4 is 77.8 Å². The molecule has 1 saturated heterocycles. The van der Waals surface area contributed by atoms with Crippen molar-refractivity contribution in [3.8, 4) is 6.07 Å². The van der Waals surface area contributed by atoms with Crippen molar-refractivity contribution in [1.29, 1.82) is 5.26 Å². The van der Waals surface area contributed by atoms with Gasteiger partial charge in [-0.25, -0.2) is 9.79 Å². The van der Waals surface area contributed by atoms with Gasteiger partial charge in [0.05, 0.1) is 30.3 Å². The Balaban J connectivity index is 2.38. The van der Waals surface area contributed by atoms with E-state index in [4.69, 9.17) is 45.9 Å². The maximum atomic E-state index is 14.3. The van der Waals surface area contributed by atoms with Crippen molar-refractivity contribution in [1.82, 2.24) is 36.8 Å². The maximum Gasteiger partial charge on any atom is 0.352 e. The van der Waals surface area contributed by atoms with Crippen molar-refractivity contribution >= 4 is 64.9 Å². The van der Waals surface area contributed by atoms with Gasteiger partial charge in [0.25, 0.3) is 11.8 Å². The molecule has 0 bridgehead atoms. The van der Waals surface area contributed by atoms with E-state index in [2.05, 4.69) is 41.9 Å². The Labute approximate surface area is 452 Å². The number of hydrogen-bond acceptors (Lipinski definition) is 18. The van der Waals surface area contributed by atoms with Gasteiger partial charge in [-0.1, -0.05) is 24.6 Å². The van der Waals surface area contributed by atoms with Crippen molar-refractivity contribution in [3.63, 3.8) is 0 Å². The lowest BCUT2D eigenvalue weighted by atomic mass is 10.0. The molecule has 1 aromatic carbocycles. The summed E-state index contributed by atoms with van der Waals surface area (Å²) in [6.07, 6.45) is 2.40. The smallest absolute Gasteiger partial charge is 0.352 e. The zero-order chi connectivity index (χ0) is 58.2. The van der Waals surface area contributed by atoms with Crippen molar-refractivity contribution in [3.05, 3.63) is 47.2 Å². The average molecular weight is 1100 g/mol. The standard InChI is InChI=1S/C49H80N18O11/c50-19-3-1-9-31(56)41(70)66-40(38(68)27-55)46(75)63-32(11-5-21-52)42(71)60-28-39(69)61-34(12-6-22-53)47(76)67-24-8-14-37(67)45(74)65-36(25-29-15-17-30(26-54)18-16-29)44(73)62-33(10-2-4-20-51)43(72)64-35(48(77)78)13-7-23-59-49(57)58/h13,15-18,31-33,36-38,40,68H,1-12,14,19-25,27-28,50-53,55-56H2,(H,60,71)(H,62,73)(H,63,75)(H,64,72)(H,65,74)(H,66,70)(H,77,78)(H4,57,58,59)/b35-13-,61-34?/t31-,32-,33-,36-,37-,38-,40-/m0/s1. The molecule has 432 valence electrons. The van der Waals surface area contributed by atoms with Crippen LogP contribution in [0, 0.1) is 11.3 Å². The SMILES string of the molecule is N#Cc1ccc(C[C@H](NC(=O)[C@@H]2CCCN2C(=O)C(CCCN)=NC(=O)CNC(=O)[C@H](CCCN)NC(=O)[C@@H](NC(=O)[C@@H](N)CCCCN)[C@@H](O)CN)C(=O)N[C@@H](CCCCN)C(=O)N/C(=C\CCN=C(N)N)C(=O)O)cc1. The molecule has 1 heterocycles. The van der Waals surface area contributed by atoms with Gasteiger partial charge >= 0.3 is 5.97 Å². The number of hydrogen-bond donors (Lipinski definition) is 16. The lowest BCUT2D eigenvalue weighted by Gasteiger charge is -2.28. The van der Waals surface area contributed by atoms with Gasteiger partial charge in [-0.05, 0) is 121 Å². The Morgan fingerprint density at radius 1 is 0.756 bits per heavy atom. The largest absolute Gasteiger partial charge is 0.477 e. The third-order valence-corrected chi connectivity index (χ3v) is 12.2. The molecular weight excluding hydrogens is 1020 g/mol. The Morgan fingerprint density at radius 3 is 1.97 bits per heavy atom. The summed E-state index contributed by atoms with van der Waals surface area (Å²) in [5, 5.41) is 44.7. The van der Waals surface area contributed by atoms with Crippen LogP contribution in [0.5, 0.6) is 0 Å². The molecule has 1 aliphatic heterocycles. The Kier molecular flexibility index (Phi) is 31.2. The number of benzene rings is 1. The highest BCUT2D eigenvalue weighted by Gasteiger charge is 2.39. The van der Waals surface area contributed by atoms with Crippen LogP contribution in [-0.2, 0) is 49.6 Å². The summed E-state index contributed by atoms with van der Waals surface area (Å²) >= 11 is 0. The molecule has 7 atom stereocenters. The van der Waals surface area contributed by atoms with E-state index in [0.717, 1.165) is 0 Å². The molecule has 24 N–H and O–H groups in total. The van der Waals surface area contributed by atoms with Crippen LogP contribution in [0.3, 0.4) is 0 Å². The van der Waals surface area contributed by atoms with E-state index in [1.165, 1.54) is 23.1 Å². The molecule has 8 amide bonds. The zero-order valence-electron chi connectivity index (χ0n) is 44.0. The molecule has 0 aromatic heterocycles. The number of carboxylic acid groups (broad SMARTS) is 1. The number of aliphatic hydroxyl groups is 1. The minimum atomic E-state index is -1.61. The van der Waals surface area contributed by atoms with Gasteiger partial charge in [0.2, 0.25) is 35.4 Å². The fraction of sp³-hybridized carbons (Fsp3) is 0.592. The maximum absolute atomic E-state index is 14.3. The van der Waals surface area contributed by atoms with E-state index in [1.807, 2.05) is 6.07 Å². The summed E-state index contributed by atoms with van der Waals surface area (Å²) in [6.45, 7) is -0.321. The number of nitrogens with one attached hydrogen (secondary N) is 6. The molecule has 1 aliphatic rings. The van der Waals surface area contributed by atoms with Gasteiger partial charge in [0.1, 0.15) is 41.6 Å². The third-order valence-electron chi connectivity index (χ3n) is 12.2. The summed E-state index contributed by atoms with van der Waals surface area (Å²) in [7, 11) is 0. The molecule has 0 unspecified atom stereocenters. The number of aliphatic hydroxyl groups excluding tert-OH is 1. The Bertz CT molecular complexity index is 2300. The highest BCUT2D eigenvalue weighted by molar-refractivity contribution is 6.40. The second-order valence-corrected chi connectivity index (χ2v) is 18.3. The minimum absolute atomic E-state index is 0.0190. The Morgan fingerprint density at radius 2 is 1.37 bits per heavy atom. The number of rotatable bonds is 36. The molecular formula is C49H80N18O11. The zero-order valence-corrected chi connectivity index (χ0v) is 44.0. The number of amides is 8. The molecule has 29 heteroatoms. The van der Waals surface area contributed by atoms with Gasteiger partial charge < -0.3 is 92.9 Å². The number of guanidine groups is 1. The average Bonchev–Trinajstić information content (AvgIpc) is 3.92. The van der Waals surface area contributed by atoms with Crippen LogP contribution in [0.4, 0.5) is 0 Å². The molecule has 2 rings (SSSR count). The van der Waals surface area contributed by atoms with Crippen LogP contribution in [0.2, 0.25) is 0 Å². The third kappa shape index (κ3) is 23.8. The predicted molar refractivity (Wildman–Crippen MR) is 287 cm³/mol. The van der Waals surface area contributed by atoms with Gasteiger partial charge in [-0.2, -0.15) is 5.26 Å². The molecule has 1 aromatic rings. The van der Waals surface area contributed by atoms with Gasteiger partial charge in [-0.3, -0.25) is 43.3 Å². The van der Waals surface area contributed by atoms with E-state index in [-0.39, 0.29) is 102 Å². The lowest BCUT2D eigenvalue weighted by Crippen LogP contribution is -2.60. The summed E-state index contributed by atoms with van der Waals surface area (Å²) in [5.41, 5.74) is 45.0. The van der Waals surface area contributed by atoms with Crippen molar-refractivity contribution in [2.75, 3.05) is 52.4 Å². The second kappa shape index (κ2) is 36.6. The summed E-state index contributed by atoms with van der Waals surface area (Å²) in [4.78, 5) is 131. The first-order valence-electron chi connectivity index (χ1n) is 25.9. The number of unbranched alkanes of at least 4 members (excludes halogenated alkanes) is 2. The van der Waals surface area contributed by atoms with Crippen LogP contribution in [0.25, 0.3) is 0 Å². The topological polar surface area (TPSA) is 526 Å². The van der Waals surface area contributed by atoms with Gasteiger partial charge in [0, 0.05) is 26.1 Å². The number of likely N-dealkylation sites (tertiary alicyclic amines) is 1. The monoisotopic (exact) mass is 1100 g/mol. The first-order valence-corrected chi connectivity index (χ1v) is 25.9. The fourth-order valence-corrected chi connectivity index (χ4v) is 7.91. The highest BCUT2D eigenvalue weighted by atomic mass is 16.4. The van der Waals surface area contributed by atoms with Gasteiger partial charge in [0.15, 0.2) is 5.96 Å². The van der Waals surface area contributed by atoms with Crippen molar-refractivity contribution in [2.45, 2.75) is 132 Å². The normalized spacial score (nSPS) is 15.7. The van der Waals surface area contributed by atoms with E-state index >= 15 is 0 Å². The van der Waals surface area contributed by atoms with E-state index < -0.39 is 114 Å². The number of carbonyl (C=O) groups is 9. The first-order chi connectivity index (χ1) is 37.2. The predicted octanol–water partition coefficient (Wildman–Crippen LogP) is -5.75. The molecule has 0 saturated carbocycles. The van der Waals surface area contributed by atoms with E-state index in [1.54, 1.807) is 12.1 Å². The van der Waals surface area contributed by atoms with Crippen molar-refractivity contribution in [2.24, 2.45) is 55.9 Å².